The van der Waals surface area contributed by atoms with Gasteiger partial charge in [-0.2, -0.15) is 18.3 Å². The highest BCUT2D eigenvalue weighted by atomic mass is 35.5. The molecule has 0 aromatic carbocycles. The first kappa shape index (κ1) is 13.5. The number of nitrogens with one attached hydrogen (secondary N) is 2. The van der Waals surface area contributed by atoms with Crippen LogP contribution in [-0.4, -0.2) is 25.1 Å². The molecule has 0 bridgehead atoms. The topological polar surface area (TPSA) is 79.4 Å². The molecule has 0 aliphatic heterocycles. The molecule has 2 aromatic heterocycles. The average Bonchev–Trinajstić information content (AvgIpc) is 2.80. The lowest BCUT2D eigenvalue weighted by Crippen LogP contribution is -2.13. The fourth-order valence-corrected chi connectivity index (χ4v) is 1.53. The summed E-state index contributed by atoms with van der Waals surface area (Å²) in [6.45, 7) is 1.68. The van der Waals surface area contributed by atoms with Crippen LogP contribution in [0.1, 0.15) is 24.5 Å². The number of hydrogen-bond donors (Lipinski definition) is 2. The monoisotopic (exact) mass is 292 g/mol. The molecule has 19 heavy (non-hydrogen) atoms. The molecule has 6 nitrogen and oxygen atoms in total. The Hall–Kier alpha value is -1.90. The van der Waals surface area contributed by atoms with Crippen molar-refractivity contribution in [1.29, 1.82) is 0 Å². The van der Waals surface area contributed by atoms with Gasteiger partial charge in [-0.25, -0.2) is 15.0 Å². The van der Waals surface area contributed by atoms with Gasteiger partial charge < -0.3 is 5.32 Å². The summed E-state index contributed by atoms with van der Waals surface area (Å²) >= 11 is 5.47. The minimum atomic E-state index is -4.58. The number of aromatic nitrogens is 5. The number of aromatic amines is 1. The first-order chi connectivity index (χ1) is 8.86. The predicted molar refractivity (Wildman–Crippen MR) is 60.5 cm³/mol. The van der Waals surface area contributed by atoms with Gasteiger partial charge in [0.2, 0.25) is 5.28 Å². The van der Waals surface area contributed by atoms with Crippen LogP contribution in [0.5, 0.6) is 0 Å². The molecule has 0 radical (unpaired) electrons. The zero-order chi connectivity index (χ0) is 14.0. The largest absolute Gasteiger partial charge is 0.433 e. The highest BCUT2D eigenvalue weighted by Gasteiger charge is 2.33. The molecule has 0 fully saturated rings. The van der Waals surface area contributed by atoms with E-state index in [1.54, 1.807) is 6.92 Å². The number of halogens is 4. The lowest BCUT2D eigenvalue weighted by atomic mass is 10.3. The van der Waals surface area contributed by atoms with Crippen LogP contribution in [0.3, 0.4) is 0 Å². The SMILES string of the molecule is CC(Nc1cc(C(F)(F)F)nc(Cl)n1)c1ncn[nH]1. The highest BCUT2D eigenvalue weighted by molar-refractivity contribution is 6.28. The fraction of sp³-hybridized carbons (Fsp3) is 0.333. The van der Waals surface area contributed by atoms with E-state index in [1.165, 1.54) is 6.33 Å². The van der Waals surface area contributed by atoms with Crippen LogP contribution in [0.2, 0.25) is 5.28 Å². The maximum atomic E-state index is 12.6. The highest BCUT2D eigenvalue weighted by Crippen LogP contribution is 2.30. The molecule has 0 aliphatic carbocycles. The maximum absolute atomic E-state index is 12.6. The number of rotatable bonds is 3. The molecule has 2 rings (SSSR count). The molecule has 2 N–H and O–H groups in total. The van der Waals surface area contributed by atoms with E-state index in [2.05, 4.69) is 30.5 Å². The summed E-state index contributed by atoms with van der Waals surface area (Å²) in [4.78, 5) is 10.7. The van der Waals surface area contributed by atoms with Gasteiger partial charge in [-0.05, 0) is 18.5 Å². The molecule has 0 spiro atoms. The number of hydrogen-bond acceptors (Lipinski definition) is 5. The molecule has 102 valence electrons. The lowest BCUT2D eigenvalue weighted by molar-refractivity contribution is -0.141. The van der Waals surface area contributed by atoms with Crippen LogP contribution in [0.15, 0.2) is 12.4 Å². The number of alkyl halides is 3. The molecule has 2 aromatic rings. The number of nitrogens with zero attached hydrogens (tertiary/aromatic N) is 4. The Kier molecular flexibility index (Phi) is 3.56. The van der Waals surface area contributed by atoms with Crippen molar-refractivity contribution < 1.29 is 13.2 Å². The Balaban J connectivity index is 2.23. The van der Waals surface area contributed by atoms with Gasteiger partial charge in [0, 0.05) is 6.07 Å². The molecular formula is C9H8ClF3N6. The fourth-order valence-electron chi connectivity index (χ4n) is 1.35. The Morgan fingerprint density at radius 1 is 1.37 bits per heavy atom. The third kappa shape index (κ3) is 3.31. The van der Waals surface area contributed by atoms with Crippen molar-refractivity contribution in [2.75, 3.05) is 5.32 Å². The van der Waals surface area contributed by atoms with E-state index in [4.69, 9.17) is 11.6 Å². The van der Waals surface area contributed by atoms with Crippen molar-refractivity contribution >= 4 is 17.4 Å². The molecule has 0 aliphatic rings. The average molecular weight is 293 g/mol. The minimum Gasteiger partial charge on any atom is -0.360 e. The Bertz CT molecular complexity index is 556. The summed E-state index contributed by atoms with van der Waals surface area (Å²) in [5, 5.41) is 8.48. The molecule has 10 heteroatoms. The third-order valence-corrected chi connectivity index (χ3v) is 2.37. The van der Waals surface area contributed by atoms with E-state index >= 15 is 0 Å². The van der Waals surface area contributed by atoms with Crippen molar-refractivity contribution in [3.05, 3.63) is 29.2 Å². The predicted octanol–water partition coefficient (Wildman–Crippen LogP) is 2.44. The molecule has 2 heterocycles. The van der Waals surface area contributed by atoms with E-state index in [0.717, 1.165) is 6.07 Å². The van der Waals surface area contributed by atoms with Gasteiger partial charge in [0.25, 0.3) is 0 Å². The van der Waals surface area contributed by atoms with E-state index in [-0.39, 0.29) is 5.82 Å². The van der Waals surface area contributed by atoms with Gasteiger partial charge >= 0.3 is 6.18 Å². The van der Waals surface area contributed by atoms with Gasteiger partial charge in [0.15, 0.2) is 5.69 Å². The molecular weight excluding hydrogens is 285 g/mol. The normalized spacial score (nSPS) is 13.3. The van der Waals surface area contributed by atoms with Crippen molar-refractivity contribution in [2.45, 2.75) is 19.1 Å². The second-order valence-electron chi connectivity index (χ2n) is 3.64. The van der Waals surface area contributed by atoms with Gasteiger partial charge in [0.1, 0.15) is 18.0 Å². The third-order valence-electron chi connectivity index (χ3n) is 2.20. The zero-order valence-electron chi connectivity index (χ0n) is 9.53. The van der Waals surface area contributed by atoms with Gasteiger partial charge in [0.05, 0.1) is 6.04 Å². The van der Waals surface area contributed by atoms with Crippen LogP contribution >= 0.6 is 11.6 Å². The molecule has 0 amide bonds. The Morgan fingerprint density at radius 3 is 2.68 bits per heavy atom. The second-order valence-corrected chi connectivity index (χ2v) is 3.98. The van der Waals surface area contributed by atoms with Gasteiger partial charge in [-0.15, -0.1) is 0 Å². The van der Waals surface area contributed by atoms with Crippen LogP contribution < -0.4 is 5.32 Å². The summed E-state index contributed by atoms with van der Waals surface area (Å²) in [5.41, 5.74) is -1.11. The van der Waals surface area contributed by atoms with Crippen molar-refractivity contribution in [2.24, 2.45) is 0 Å². The van der Waals surface area contributed by atoms with Crippen molar-refractivity contribution in [3.8, 4) is 0 Å². The molecule has 0 saturated heterocycles. The summed E-state index contributed by atoms with van der Waals surface area (Å²) in [5.74, 6) is 0.416. The van der Waals surface area contributed by atoms with Crippen molar-refractivity contribution in [1.82, 2.24) is 25.1 Å². The van der Waals surface area contributed by atoms with E-state index in [9.17, 15) is 13.2 Å². The molecule has 0 saturated carbocycles. The summed E-state index contributed by atoms with van der Waals surface area (Å²) in [7, 11) is 0. The first-order valence-corrected chi connectivity index (χ1v) is 5.47. The smallest absolute Gasteiger partial charge is 0.360 e. The lowest BCUT2D eigenvalue weighted by Gasteiger charge is -2.13. The number of H-pyrrole nitrogens is 1. The quantitative estimate of drug-likeness (QED) is 0.849. The second kappa shape index (κ2) is 5.00. The molecule has 1 atom stereocenters. The van der Waals surface area contributed by atoms with Crippen LogP contribution in [0, 0.1) is 0 Å². The first-order valence-electron chi connectivity index (χ1n) is 5.10. The standard InChI is InChI=1S/C9H8ClF3N6/c1-4(7-14-3-15-19-7)16-6-2-5(9(11,12)13)17-8(10)18-6/h2-4H,1H3,(H,14,15,19)(H,16,17,18). The van der Waals surface area contributed by atoms with Gasteiger partial charge in [-0.3, -0.25) is 5.10 Å². The maximum Gasteiger partial charge on any atom is 0.433 e. The number of anilines is 1. The minimum absolute atomic E-state index is 0.0452. The Labute approximate surface area is 110 Å². The van der Waals surface area contributed by atoms with Crippen LogP contribution in [0.4, 0.5) is 19.0 Å². The zero-order valence-corrected chi connectivity index (χ0v) is 10.3. The van der Waals surface area contributed by atoms with E-state index in [0.29, 0.717) is 5.82 Å². The van der Waals surface area contributed by atoms with E-state index in [1.807, 2.05) is 0 Å². The Morgan fingerprint density at radius 2 is 2.11 bits per heavy atom. The van der Waals surface area contributed by atoms with Crippen molar-refractivity contribution in [3.63, 3.8) is 0 Å². The summed E-state index contributed by atoms with van der Waals surface area (Å²) in [6, 6.07) is 0.369. The van der Waals surface area contributed by atoms with Crippen LogP contribution in [0.25, 0.3) is 0 Å². The van der Waals surface area contributed by atoms with E-state index < -0.39 is 23.2 Å². The van der Waals surface area contributed by atoms with Gasteiger partial charge in [-0.1, -0.05) is 0 Å². The molecule has 1 unspecified atom stereocenters. The summed E-state index contributed by atoms with van der Waals surface area (Å²) in [6.07, 6.45) is -3.29. The summed E-state index contributed by atoms with van der Waals surface area (Å²) < 4.78 is 37.7. The van der Waals surface area contributed by atoms with Crippen LogP contribution in [-0.2, 0) is 6.18 Å².